The van der Waals surface area contributed by atoms with Gasteiger partial charge in [-0.3, -0.25) is 4.79 Å². The molecule has 1 aromatic carbocycles. The number of benzene rings is 1. The van der Waals surface area contributed by atoms with E-state index in [9.17, 15) is 19.9 Å². The summed E-state index contributed by atoms with van der Waals surface area (Å²) in [5.41, 5.74) is 1.67. The number of phenolic OH excluding ortho intramolecular Hbond substituents is 1. The van der Waals surface area contributed by atoms with Crippen LogP contribution in [0.15, 0.2) is 18.2 Å². The lowest BCUT2D eigenvalue weighted by Crippen LogP contribution is -2.47. The normalized spacial score (nSPS) is 17.9. The summed E-state index contributed by atoms with van der Waals surface area (Å²) in [6, 6.07) is 5.23. The fourth-order valence-electron chi connectivity index (χ4n) is 3.18. The monoisotopic (exact) mass is 411 g/mol. The molecule has 5 nitrogen and oxygen atoms in total. The van der Waals surface area contributed by atoms with E-state index in [1.165, 1.54) is 12.2 Å². The van der Waals surface area contributed by atoms with Crippen LogP contribution in [0, 0.1) is 0 Å². The maximum absolute atomic E-state index is 12.2. The smallest absolute Gasteiger partial charge is 0.475 e. The van der Waals surface area contributed by atoms with E-state index in [2.05, 4.69) is 5.32 Å². The average Bonchev–Trinajstić information content (AvgIpc) is 3.12. The van der Waals surface area contributed by atoms with E-state index in [0.29, 0.717) is 12.8 Å². The first kappa shape index (κ1) is 22.5. The number of rotatable bonds is 10. The maximum atomic E-state index is 12.2. The van der Waals surface area contributed by atoms with Gasteiger partial charge in [0.15, 0.2) is 0 Å². The summed E-state index contributed by atoms with van der Waals surface area (Å²) < 4.78 is 0. The Bertz CT molecular complexity index is 609. The standard InChI is InChI=1S/C19H30BNO4S2/c1-13(2)16-11-14(7-8-17(16)22)12-18(20(24)25)21-19(23)6-4-3-5-15-9-10-26-27-15/h7-8,11,13,15,18,22,24-25H,3-6,9-10,12H2,1-2H3,(H,21,23)/t15-,18?/m1/s1. The lowest BCUT2D eigenvalue weighted by Gasteiger charge is -2.19. The zero-order chi connectivity index (χ0) is 19.8. The van der Waals surface area contributed by atoms with E-state index in [1.54, 1.807) is 12.1 Å². The molecule has 0 radical (unpaired) electrons. The second-order valence-corrected chi connectivity index (χ2v) is 10.2. The summed E-state index contributed by atoms with van der Waals surface area (Å²) in [6.07, 6.45) is 4.94. The Morgan fingerprint density at radius 2 is 2.11 bits per heavy atom. The Balaban J connectivity index is 1.82. The van der Waals surface area contributed by atoms with Crippen LogP contribution in [-0.4, -0.2) is 45.1 Å². The molecule has 0 aromatic heterocycles. The molecule has 0 spiro atoms. The van der Waals surface area contributed by atoms with Crippen molar-refractivity contribution in [1.29, 1.82) is 0 Å². The summed E-state index contributed by atoms with van der Waals surface area (Å²) in [7, 11) is 2.25. The minimum atomic E-state index is -1.63. The summed E-state index contributed by atoms with van der Waals surface area (Å²) in [6.45, 7) is 3.98. The van der Waals surface area contributed by atoms with Crippen LogP contribution in [0.5, 0.6) is 5.75 Å². The fraction of sp³-hybridized carbons (Fsp3) is 0.632. The second kappa shape index (κ2) is 11.2. The largest absolute Gasteiger partial charge is 0.508 e. The van der Waals surface area contributed by atoms with Crippen molar-refractivity contribution in [1.82, 2.24) is 5.32 Å². The number of nitrogens with one attached hydrogen (secondary N) is 1. The van der Waals surface area contributed by atoms with Gasteiger partial charge in [-0.25, -0.2) is 0 Å². The van der Waals surface area contributed by atoms with Gasteiger partial charge in [0.1, 0.15) is 5.75 Å². The SMILES string of the molecule is CC(C)c1cc(CC(NC(=O)CCCC[C@@H]2CCSS2)B(O)O)ccc1O. The molecule has 2 atom stereocenters. The van der Waals surface area contributed by atoms with Crippen LogP contribution in [-0.2, 0) is 11.2 Å². The van der Waals surface area contributed by atoms with Gasteiger partial charge in [-0.15, -0.1) is 0 Å². The van der Waals surface area contributed by atoms with Gasteiger partial charge >= 0.3 is 7.12 Å². The van der Waals surface area contributed by atoms with Crippen molar-refractivity contribution < 1.29 is 19.9 Å². The number of carbonyl (C=O) groups is 1. The van der Waals surface area contributed by atoms with Crippen molar-refractivity contribution >= 4 is 34.6 Å². The van der Waals surface area contributed by atoms with E-state index in [0.717, 1.165) is 35.6 Å². The van der Waals surface area contributed by atoms with Crippen LogP contribution in [0.25, 0.3) is 0 Å². The lowest BCUT2D eigenvalue weighted by molar-refractivity contribution is -0.121. The highest BCUT2D eigenvalue weighted by Crippen LogP contribution is 2.39. The summed E-state index contributed by atoms with van der Waals surface area (Å²) in [5, 5.41) is 32.7. The van der Waals surface area contributed by atoms with Gasteiger partial charge in [0.25, 0.3) is 0 Å². The summed E-state index contributed by atoms with van der Waals surface area (Å²) >= 11 is 0. The molecule has 1 aliphatic heterocycles. The van der Waals surface area contributed by atoms with Crippen molar-refractivity contribution in [3.63, 3.8) is 0 Å². The third-order valence-electron chi connectivity index (χ3n) is 4.78. The molecule has 1 heterocycles. The van der Waals surface area contributed by atoms with Crippen molar-refractivity contribution in [3.05, 3.63) is 29.3 Å². The van der Waals surface area contributed by atoms with Crippen LogP contribution < -0.4 is 5.32 Å². The molecule has 1 aliphatic rings. The van der Waals surface area contributed by atoms with Gasteiger partial charge in [0, 0.05) is 17.4 Å². The maximum Gasteiger partial charge on any atom is 0.475 e. The highest BCUT2D eigenvalue weighted by atomic mass is 33.1. The van der Waals surface area contributed by atoms with Crippen molar-refractivity contribution in [2.75, 3.05) is 5.75 Å². The Morgan fingerprint density at radius 1 is 1.33 bits per heavy atom. The molecule has 1 unspecified atom stereocenters. The molecular formula is C19H30BNO4S2. The molecule has 0 saturated carbocycles. The topological polar surface area (TPSA) is 89.8 Å². The van der Waals surface area contributed by atoms with Crippen molar-refractivity contribution in [2.45, 2.75) is 69.5 Å². The minimum Gasteiger partial charge on any atom is -0.508 e. The van der Waals surface area contributed by atoms with Crippen LogP contribution >= 0.6 is 21.6 Å². The minimum absolute atomic E-state index is 0.149. The van der Waals surface area contributed by atoms with Crippen molar-refractivity contribution in [2.24, 2.45) is 0 Å². The van der Waals surface area contributed by atoms with Gasteiger partial charge in [0.2, 0.25) is 5.91 Å². The molecule has 0 aliphatic carbocycles. The highest BCUT2D eigenvalue weighted by molar-refractivity contribution is 8.77. The van der Waals surface area contributed by atoms with E-state index < -0.39 is 13.1 Å². The number of aromatic hydroxyl groups is 1. The van der Waals surface area contributed by atoms with Gasteiger partial charge in [-0.1, -0.05) is 54.0 Å². The molecule has 1 amide bonds. The Kier molecular flexibility index (Phi) is 9.35. The van der Waals surface area contributed by atoms with Gasteiger partial charge in [-0.05, 0) is 48.8 Å². The van der Waals surface area contributed by atoms with Crippen molar-refractivity contribution in [3.8, 4) is 5.75 Å². The summed E-state index contributed by atoms with van der Waals surface area (Å²) in [5.74, 6) is 0.709. The first-order valence-corrected chi connectivity index (χ1v) is 12.0. The third kappa shape index (κ3) is 7.60. The van der Waals surface area contributed by atoms with Crippen LogP contribution in [0.3, 0.4) is 0 Å². The first-order chi connectivity index (χ1) is 12.9. The Labute approximate surface area is 170 Å². The van der Waals surface area contributed by atoms with E-state index in [1.807, 2.05) is 41.5 Å². The molecule has 1 fully saturated rings. The zero-order valence-electron chi connectivity index (χ0n) is 16.1. The predicted molar refractivity (Wildman–Crippen MR) is 115 cm³/mol. The number of unbranched alkanes of at least 4 members (excludes halogenated alkanes) is 1. The van der Waals surface area contributed by atoms with Gasteiger partial charge in [-0.2, -0.15) is 0 Å². The van der Waals surface area contributed by atoms with Crippen LogP contribution in [0.4, 0.5) is 0 Å². The van der Waals surface area contributed by atoms with E-state index in [4.69, 9.17) is 0 Å². The number of phenols is 1. The molecular weight excluding hydrogens is 381 g/mol. The molecule has 1 saturated heterocycles. The molecule has 27 heavy (non-hydrogen) atoms. The lowest BCUT2D eigenvalue weighted by atomic mass is 9.75. The number of carbonyl (C=O) groups excluding carboxylic acids is 1. The Morgan fingerprint density at radius 3 is 2.74 bits per heavy atom. The van der Waals surface area contributed by atoms with Gasteiger partial charge in [0.05, 0.1) is 5.94 Å². The molecule has 4 N–H and O–H groups in total. The van der Waals surface area contributed by atoms with Crippen LogP contribution in [0.1, 0.15) is 63.0 Å². The van der Waals surface area contributed by atoms with E-state index >= 15 is 0 Å². The molecule has 1 aromatic rings. The molecule has 150 valence electrons. The van der Waals surface area contributed by atoms with E-state index in [-0.39, 0.29) is 17.6 Å². The highest BCUT2D eigenvalue weighted by Gasteiger charge is 2.26. The first-order valence-electron chi connectivity index (χ1n) is 9.62. The number of hydrogen-bond acceptors (Lipinski definition) is 6. The van der Waals surface area contributed by atoms with Crippen LogP contribution in [0.2, 0.25) is 0 Å². The fourth-order valence-corrected chi connectivity index (χ4v) is 6.21. The quantitative estimate of drug-likeness (QED) is 0.269. The molecule has 2 rings (SSSR count). The predicted octanol–water partition coefficient (Wildman–Crippen LogP) is 3.27. The Hall–Kier alpha value is -0.825. The molecule has 0 bridgehead atoms. The average molecular weight is 411 g/mol. The number of amides is 1. The zero-order valence-corrected chi connectivity index (χ0v) is 17.7. The second-order valence-electron chi connectivity index (χ2n) is 7.41. The third-order valence-corrected chi connectivity index (χ3v) is 7.79. The molecule has 8 heteroatoms. The summed E-state index contributed by atoms with van der Waals surface area (Å²) in [4.78, 5) is 12.2. The number of hydrogen-bond donors (Lipinski definition) is 4. The van der Waals surface area contributed by atoms with Gasteiger partial charge < -0.3 is 20.5 Å².